The van der Waals surface area contributed by atoms with E-state index < -0.39 is 17.5 Å². The summed E-state index contributed by atoms with van der Waals surface area (Å²) in [5.41, 5.74) is 7.45. The van der Waals surface area contributed by atoms with E-state index in [1.807, 2.05) is 13.8 Å². The zero-order valence-electron chi connectivity index (χ0n) is 11.6. The molecule has 0 aromatic carbocycles. The maximum atomic E-state index is 11.8. The molecule has 2 rings (SSSR count). The Morgan fingerprint density at radius 3 is 2.95 bits per heavy atom. The molecule has 1 unspecified atom stereocenters. The molecular formula is C14H20N2O3. The molecule has 0 radical (unpaired) electrons. The van der Waals surface area contributed by atoms with Crippen molar-refractivity contribution in [3.8, 4) is 0 Å². The number of rotatable bonds is 2. The topological polar surface area (TPSA) is 85.4 Å². The molecule has 1 atom stereocenters. The van der Waals surface area contributed by atoms with Crippen LogP contribution in [0.4, 0.5) is 5.82 Å². The van der Waals surface area contributed by atoms with Gasteiger partial charge in [-0.25, -0.2) is 9.78 Å². The summed E-state index contributed by atoms with van der Waals surface area (Å²) in [4.78, 5) is 16.1. The standard InChI is InChI=1S/C14H20N2O3/c1-4-19-13(18)9-7-8-5-6-10(17)14(2,3)11(8)16-12(9)15/h7,10,17H,4-6H2,1-3H3,(H2,15,16). The molecule has 1 aliphatic rings. The predicted molar refractivity (Wildman–Crippen MR) is 72.0 cm³/mol. The van der Waals surface area contributed by atoms with Crippen molar-refractivity contribution in [3.05, 3.63) is 22.9 Å². The van der Waals surface area contributed by atoms with Crippen LogP contribution in [0.15, 0.2) is 6.07 Å². The lowest BCUT2D eigenvalue weighted by Crippen LogP contribution is -2.39. The number of esters is 1. The monoisotopic (exact) mass is 264 g/mol. The molecule has 0 spiro atoms. The second kappa shape index (κ2) is 4.81. The Hall–Kier alpha value is -1.62. The van der Waals surface area contributed by atoms with Crippen molar-refractivity contribution in [1.29, 1.82) is 0 Å². The number of aliphatic hydroxyl groups is 1. The van der Waals surface area contributed by atoms with E-state index in [4.69, 9.17) is 10.5 Å². The van der Waals surface area contributed by atoms with Gasteiger partial charge in [0.25, 0.3) is 0 Å². The molecule has 104 valence electrons. The summed E-state index contributed by atoms with van der Waals surface area (Å²) in [5, 5.41) is 10.1. The third kappa shape index (κ3) is 2.30. The van der Waals surface area contributed by atoms with Crippen molar-refractivity contribution in [3.63, 3.8) is 0 Å². The zero-order valence-corrected chi connectivity index (χ0v) is 11.6. The summed E-state index contributed by atoms with van der Waals surface area (Å²) < 4.78 is 4.96. The van der Waals surface area contributed by atoms with Crippen LogP contribution in [0.1, 0.15) is 48.8 Å². The van der Waals surface area contributed by atoms with Crippen LogP contribution in [-0.4, -0.2) is 28.8 Å². The Morgan fingerprint density at radius 1 is 1.63 bits per heavy atom. The summed E-state index contributed by atoms with van der Waals surface area (Å²) in [6, 6.07) is 1.75. The highest BCUT2D eigenvalue weighted by Crippen LogP contribution is 2.37. The van der Waals surface area contributed by atoms with Gasteiger partial charge in [-0.2, -0.15) is 0 Å². The van der Waals surface area contributed by atoms with E-state index in [9.17, 15) is 9.90 Å². The third-order valence-electron chi connectivity index (χ3n) is 3.76. The number of nitrogens with two attached hydrogens (primary N) is 1. The van der Waals surface area contributed by atoms with Crippen molar-refractivity contribution in [2.45, 2.75) is 45.1 Å². The molecule has 3 N–H and O–H groups in total. The first-order chi connectivity index (χ1) is 8.87. The molecule has 1 heterocycles. The molecule has 0 saturated carbocycles. The van der Waals surface area contributed by atoms with Gasteiger partial charge < -0.3 is 15.6 Å². The fraction of sp³-hybridized carbons (Fsp3) is 0.571. The lowest BCUT2D eigenvalue weighted by atomic mass is 9.73. The van der Waals surface area contributed by atoms with Gasteiger partial charge in [-0.05, 0) is 31.4 Å². The number of ether oxygens (including phenoxy) is 1. The molecule has 5 nitrogen and oxygen atoms in total. The maximum Gasteiger partial charge on any atom is 0.341 e. The Morgan fingerprint density at radius 2 is 2.32 bits per heavy atom. The largest absolute Gasteiger partial charge is 0.462 e. The first kappa shape index (κ1) is 13.8. The smallest absolute Gasteiger partial charge is 0.341 e. The molecule has 1 aromatic heterocycles. The summed E-state index contributed by atoms with van der Waals surface area (Å²) in [6.07, 6.45) is 0.911. The maximum absolute atomic E-state index is 11.8. The summed E-state index contributed by atoms with van der Waals surface area (Å²) >= 11 is 0. The molecular weight excluding hydrogens is 244 g/mol. The number of anilines is 1. The number of nitrogen functional groups attached to an aromatic ring is 1. The lowest BCUT2D eigenvalue weighted by molar-refractivity contribution is 0.0526. The molecule has 19 heavy (non-hydrogen) atoms. The minimum atomic E-state index is -0.450. The number of fused-ring (bicyclic) bond motifs is 1. The number of carbonyl (C=O) groups excluding carboxylic acids is 1. The second-order valence-corrected chi connectivity index (χ2v) is 5.43. The third-order valence-corrected chi connectivity index (χ3v) is 3.76. The Bertz CT molecular complexity index is 512. The Labute approximate surface area is 112 Å². The highest BCUT2D eigenvalue weighted by atomic mass is 16.5. The minimum Gasteiger partial charge on any atom is -0.462 e. The van der Waals surface area contributed by atoms with Gasteiger partial charge in [-0.15, -0.1) is 0 Å². The molecule has 0 bridgehead atoms. The normalized spacial score (nSPS) is 20.7. The van der Waals surface area contributed by atoms with Gasteiger partial charge in [-0.1, -0.05) is 13.8 Å². The van der Waals surface area contributed by atoms with Crippen LogP contribution >= 0.6 is 0 Å². The number of pyridine rings is 1. The summed E-state index contributed by atoms with van der Waals surface area (Å²) in [6.45, 7) is 5.93. The van der Waals surface area contributed by atoms with Gasteiger partial charge in [0.15, 0.2) is 0 Å². The van der Waals surface area contributed by atoms with E-state index in [0.29, 0.717) is 25.0 Å². The molecule has 0 amide bonds. The van der Waals surface area contributed by atoms with Crippen molar-refractivity contribution in [2.24, 2.45) is 0 Å². The molecule has 0 aliphatic heterocycles. The van der Waals surface area contributed by atoms with Crippen molar-refractivity contribution in [1.82, 2.24) is 4.98 Å². The van der Waals surface area contributed by atoms with Crippen LogP contribution in [0.5, 0.6) is 0 Å². The van der Waals surface area contributed by atoms with Crippen molar-refractivity contribution < 1.29 is 14.6 Å². The first-order valence-electron chi connectivity index (χ1n) is 6.53. The predicted octanol–water partition coefficient (Wildman–Crippen LogP) is 1.43. The van der Waals surface area contributed by atoms with Crippen LogP contribution < -0.4 is 5.73 Å². The van der Waals surface area contributed by atoms with Gasteiger partial charge in [-0.3, -0.25) is 0 Å². The van der Waals surface area contributed by atoms with E-state index in [-0.39, 0.29) is 5.82 Å². The number of carbonyl (C=O) groups is 1. The SMILES string of the molecule is CCOC(=O)c1cc2c(nc1N)C(C)(C)C(O)CC2. The van der Waals surface area contributed by atoms with E-state index in [0.717, 1.165) is 11.3 Å². The van der Waals surface area contributed by atoms with Crippen molar-refractivity contribution in [2.75, 3.05) is 12.3 Å². The van der Waals surface area contributed by atoms with E-state index >= 15 is 0 Å². The number of aryl methyl sites for hydroxylation is 1. The van der Waals surface area contributed by atoms with Crippen LogP contribution in [0.25, 0.3) is 0 Å². The molecule has 1 aliphatic carbocycles. The summed E-state index contributed by atoms with van der Waals surface area (Å²) in [7, 11) is 0. The Balaban J connectivity index is 2.48. The fourth-order valence-corrected chi connectivity index (χ4v) is 2.50. The van der Waals surface area contributed by atoms with Gasteiger partial charge in [0, 0.05) is 5.41 Å². The number of nitrogens with zero attached hydrogens (tertiary/aromatic N) is 1. The zero-order chi connectivity index (χ0) is 14.2. The summed E-state index contributed by atoms with van der Waals surface area (Å²) in [5.74, 6) is -0.279. The number of hydrogen-bond donors (Lipinski definition) is 2. The van der Waals surface area contributed by atoms with Gasteiger partial charge in [0.2, 0.25) is 0 Å². The fourth-order valence-electron chi connectivity index (χ4n) is 2.50. The Kier molecular flexibility index (Phi) is 3.49. The van der Waals surface area contributed by atoms with Crippen LogP contribution in [0, 0.1) is 0 Å². The van der Waals surface area contributed by atoms with Crippen LogP contribution in [0.3, 0.4) is 0 Å². The highest BCUT2D eigenvalue weighted by Gasteiger charge is 2.37. The molecule has 0 fully saturated rings. The molecule has 5 heteroatoms. The van der Waals surface area contributed by atoms with Crippen molar-refractivity contribution >= 4 is 11.8 Å². The van der Waals surface area contributed by atoms with Gasteiger partial charge in [0.05, 0.1) is 18.4 Å². The first-order valence-corrected chi connectivity index (χ1v) is 6.53. The quantitative estimate of drug-likeness (QED) is 0.789. The lowest BCUT2D eigenvalue weighted by Gasteiger charge is -2.36. The average molecular weight is 264 g/mol. The van der Waals surface area contributed by atoms with E-state index in [1.54, 1.807) is 13.0 Å². The second-order valence-electron chi connectivity index (χ2n) is 5.43. The highest BCUT2D eigenvalue weighted by molar-refractivity contribution is 5.94. The van der Waals surface area contributed by atoms with Crippen LogP contribution in [0.2, 0.25) is 0 Å². The van der Waals surface area contributed by atoms with Gasteiger partial charge in [0.1, 0.15) is 11.4 Å². The number of hydrogen-bond acceptors (Lipinski definition) is 5. The minimum absolute atomic E-state index is 0.166. The van der Waals surface area contributed by atoms with Crippen LogP contribution in [-0.2, 0) is 16.6 Å². The molecule has 1 aromatic rings. The van der Waals surface area contributed by atoms with E-state index in [2.05, 4.69) is 4.98 Å². The van der Waals surface area contributed by atoms with Gasteiger partial charge >= 0.3 is 5.97 Å². The number of aliphatic hydroxyl groups excluding tert-OH is 1. The molecule has 0 saturated heterocycles. The average Bonchev–Trinajstić information content (AvgIpc) is 2.35. The van der Waals surface area contributed by atoms with E-state index in [1.165, 1.54) is 0 Å². The number of aromatic nitrogens is 1.